The van der Waals surface area contributed by atoms with Crippen molar-refractivity contribution < 1.29 is 10.0 Å². The molecule has 0 aliphatic carbocycles. The van der Waals surface area contributed by atoms with Crippen LogP contribution in [0.1, 0.15) is 0 Å². The number of non-ortho nitro benzene ring substituents is 1. The number of hydrogen-bond acceptors (Lipinski definition) is 4. The van der Waals surface area contributed by atoms with Crippen molar-refractivity contribution >= 4 is 50.3 Å². The summed E-state index contributed by atoms with van der Waals surface area (Å²) >= 11 is 8.40. The zero-order chi connectivity index (χ0) is 15.6. The van der Waals surface area contributed by atoms with Crippen LogP contribution in [0, 0.1) is 10.1 Å². The molecule has 0 heterocycles. The molecular formula is C13H10BrN3O3S. The molecule has 2 aromatic rings. The monoisotopic (exact) mass is 367 g/mol. The van der Waals surface area contributed by atoms with Crippen molar-refractivity contribution in [2.75, 3.05) is 4.90 Å². The Morgan fingerprint density at radius 3 is 2.48 bits per heavy atom. The molecule has 8 heteroatoms. The van der Waals surface area contributed by atoms with E-state index in [0.717, 1.165) is 10.5 Å². The van der Waals surface area contributed by atoms with E-state index < -0.39 is 4.92 Å². The lowest BCUT2D eigenvalue weighted by Gasteiger charge is -2.24. The first kappa shape index (κ1) is 15.2. The molecule has 0 saturated heterocycles. The zero-order valence-electron chi connectivity index (χ0n) is 10.6. The van der Waals surface area contributed by atoms with Gasteiger partial charge in [0.1, 0.15) is 5.75 Å². The van der Waals surface area contributed by atoms with E-state index in [4.69, 9.17) is 18.0 Å². The summed E-state index contributed by atoms with van der Waals surface area (Å²) in [5.74, 6) is -0.284. The van der Waals surface area contributed by atoms with Crippen molar-refractivity contribution in [3.05, 3.63) is 57.1 Å². The fraction of sp³-hybridized carbons (Fsp3) is 0. The number of nitro groups is 1. The molecule has 0 aliphatic heterocycles. The molecule has 0 bridgehead atoms. The van der Waals surface area contributed by atoms with Gasteiger partial charge in [-0.15, -0.1) is 0 Å². The number of para-hydroxylation sites is 1. The van der Waals surface area contributed by atoms with E-state index in [-0.39, 0.29) is 22.2 Å². The summed E-state index contributed by atoms with van der Waals surface area (Å²) in [6, 6.07) is 10.9. The zero-order valence-corrected chi connectivity index (χ0v) is 13.0. The molecule has 0 radical (unpaired) electrons. The number of thiocarbonyl (C=S) groups is 1. The maximum absolute atomic E-state index is 10.7. The predicted molar refractivity (Wildman–Crippen MR) is 87.8 cm³/mol. The largest absolute Gasteiger partial charge is 0.505 e. The second-order valence-electron chi connectivity index (χ2n) is 4.06. The molecule has 6 nitrogen and oxygen atoms in total. The Balaban J connectivity index is 2.57. The van der Waals surface area contributed by atoms with E-state index in [0.29, 0.717) is 5.69 Å². The number of halogens is 1. The lowest BCUT2D eigenvalue weighted by Crippen LogP contribution is -2.31. The number of rotatable bonds is 3. The smallest absolute Gasteiger partial charge is 0.273 e. The van der Waals surface area contributed by atoms with Gasteiger partial charge in [0.05, 0.1) is 22.4 Å². The summed E-state index contributed by atoms with van der Waals surface area (Å²) < 4.78 is 0.718. The topological polar surface area (TPSA) is 92.6 Å². The van der Waals surface area contributed by atoms with Crippen LogP contribution >= 0.6 is 28.1 Å². The normalized spacial score (nSPS) is 10.1. The number of nitro benzene ring substituents is 1. The summed E-state index contributed by atoms with van der Waals surface area (Å²) in [7, 11) is 0. The van der Waals surface area contributed by atoms with Crippen LogP contribution in [-0.2, 0) is 0 Å². The third kappa shape index (κ3) is 3.11. The average Bonchev–Trinajstić information content (AvgIpc) is 2.42. The van der Waals surface area contributed by atoms with Crippen LogP contribution in [0.4, 0.5) is 17.1 Å². The third-order valence-electron chi connectivity index (χ3n) is 2.72. The minimum absolute atomic E-state index is 0.00560. The quantitative estimate of drug-likeness (QED) is 0.490. The molecule has 2 aromatic carbocycles. The predicted octanol–water partition coefficient (Wildman–Crippen LogP) is 3.44. The van der Waals surface area contributed by atoms with Gasteiger partial charge in [0, 0.05) is 10.5 Å². The van der Waals surface area contributed by atoms with Gasteiger partial charge in [-0.3, -0.25) is 15.0 Å². The molecule has 0 spiro atoms. The number of aromatic hydroxyl groups is 1. The van der Waals surface area contributed by atoms with Crippen LogP contribution in [0.2, 0.25) is 0 Å². The molecule has 2 rings (SSSR count). The minimum atomic E-state index is -0.590. The number of nitrogens with zero attached hydrogens (tertiary/aromatic N) is 2. The molecule has 0 saturated carbocycles. The fourth-order valence-corrected chi connectivity index (χ4v) is 2.47. The second-order valence-corrected chi connectivity index (χ2v) is 5.33. The van der Waals surface area contributed by atoms with Gasteiger partial charge in [0.25, 0.3) is 5.69 Å². The Morgan fingerprint density at radius 2 is 1.95 bits per heavy atom. The van der Waals surface area contributed by atoms with Gasteiger partial charge >= 0.3 is 0 Å². The molecule has 0 aromatic heterocycles. The Hall–Kier alpha value is -2.19. The minimum Gasteiger partial charge on any atom is -0.505 e. The van der Waals surface area contributed by atoms with E-state index in [1.54, 1.807) is 18.2 Å². The maximum Gasteiger partial charge on any atom is 0.273 e. The van der Waals surface area contributed by atoms with Crippen LogP contribution in [0.5, 0.6) is 5.75 Å². The van der Waals surface area contributed by atoms with Gasteiger partial charge < -0.3 is 10.8 Å². The van der Waals surface area contributed by atoms with Crippen LogP contribution in [-0.4, -0.2) is 15.1 Å². The van der Waals surface area contributed by atoms with Crippen molar-refractivity contribution in [3.63, 3.8) is 0 Å². The average molecular weight is 368 g/mol. The molecule has 0 atom stereocenters. The van der Waals surface area contributed by atoms with Gasteiger partial charge in [-0.25, -0.2) is 0 Å². The number of benzene rings is 2. The summed E-state index contributed by atoms with van der Waals surface area (Å²) in [6.07, 6.45) is 0. The summed E-state index contributed by atoms with van der Waals surface area (Å²) in [5.41, 5.74) is 6.39. The molecule has 3 N–H and O–H groups in total. The molecule has 108 valence electrons. The highest BCUT2D eigenvalue weighted by Gasteiger charge is 2.20. The fourth-order valence-electron chi connectivity index (χ4n) is 1.81. The SMILES string of the molecule is NC(=S)N(c1ccc([N+](=O)[O-])cc1O)c1ccccc1Br. The maximum atomic E-state index is 10.7. The van der Waals surface area contributed by atoms with Crippen molar-refractivity contribution in [1.29, 1.82) is 0 Å². The standard InChI is InChI=1S/C13H10BrN3O3S/c14-9-3-1-2-4-10(9)16(13(15)21)11-6-5-8(17(19)20)7-12(11)18/h1-7,18H,(H2,15,21). The Bertz CT molecular complexity index is 724. The van der Waals surface area contributed by atoms with E-state index in [9.17, 15) is 15.2 Å². The van der Waals surface area contributed by atoms with E-state index in [1.165, 1.54) is 17.0 Å². The number of hydrogen-bond donors (Lipinski definition) is 2. The van der Waals surface area contributed by atoms with Gasteiger partial charge in [-0.1, -0.05) is 12.1 Å². The number of nitrogens with two attached hydrogens (primary N) is 1. The van der Waals surface area contributed by atoms with Crippen molar-refractivity contribution in [3.8, 4) is 5.75 Å². The number of anilines is 2. The lowest BCUT2D eigenvalue weighted by atomic mass is 10.2. The molecule has 0 amide bonds. The van der Waals surface area contributed by atoms with E-state index in [1.807, 2.05) is 6.07 Å². The Kier molecular flexibility index (Phi) is 4.39. The third-order valence-corrected chi connectivity index (χ3v) is 3.58. The van der Waals surface area contributed by atoms with Crippen LogP contribution in [0.3, 0.4) is 0 Å². The second kappa shape index (κ2) is 6.06. The summed E-state index contributed by atoms with van der Waals surface area (Å²) in [4.78, 5) is 11.6. The molecule has 0 aliphatic rings. The number of phenols is 1. The van der Waals surface area contributed by atoms with Gasteiger partial charge in [0.15, 0.2) is 5.11 Å². The highest BCUT2D eigenvalue weighted by Crippen LogP contribution is 2.38. The van der Waals surface area contributed by atoms with Gasteiger partial charge in [0.2, 0.25) is 0 Å². The van der Waals surface area contributed by atoms with Gasteiger partial charge in [-0.2, -0.15) is 0 Å². The Morgan fingerprint density at radius 1 is 1.29 bits per heavy atom. The molecular weight excluding hydrogens is 358 g/mol. The summed E-state index contributed by atoms with van der Waals surface area (Å²) in [6.45, 7) is 0. The molecule has 0 unspecified atom stereocenters. The lowest BCUT2D eigenvalue weighted by molar-refractivity contribution is -0.384. The van der Waals surface area contributed by atoms with Crippen LogP contribution < -0.4 is 10.6 Å². The van der Waals surface area contributed by atoms with Crippen LogP contribution in [0.15, 0.2) is 46.9 Å². The first-order valence-corrected chi connectivity index (χ1v) is 6.93. The Labute approximate surface area is 134 Å². The highest BCUT2D eigenvalue weighted by molar-refractivity contribution is 9.10. The molecule has 21 heavy (non-hydrogen) atoms. The van der Waals surface area contributed by atoms with E-state index in [2.05, 4.69) is 15.9 Å². The molecule has 0 fully saturated rings. The van der Waals surface area contributed by atoms with E-state index >= 15 is 0 Å². The number of phenolic OH excluding ortho intramolecular Hbond substituents is 1. The first-order chi connectivity index (χ1) is 9.91. The van der Waals surface area contributed by atoms with Crippen molar-refractivity contribution in [2.24, 2.45) is 5.73 Å². The highest BCUT2D eigenvalue weighted by atomic mass is 79.9. The first-order valence-electron chi connectivity index (χ1n) is 5.73. The van der Waals surface area contributed by atoms with Crippen molar-refractivity contribution in [1.82, 2.24) is 0 Å². The van der Waals surface area contributed by atoms with Gasteiger partial charge in [-0.05, 0) is 46.3 Å². The van der Waals surface area contributed by atoms with Crippen LogP contribution in [0.25, 0.3) is 0 Å². The summed E-state index contributed by atoms with van der Waals surface area (Å²) in [5, 5.41) is 20.8. The van der Waals surface area contributed by atoms with Crippen molar-refractivity contribution in [2.45, 2.75) is 0 Å².